The molecule has 29 heavy (non-hydrogen) atoms. The smallest absolute Gasteiger partial charge is 0.339 e. The molecule has 0 saturated heterocycles. The predicted octanol–water partition coefficient (Wildman–Crippen LogP) is 3.20. The van der Waals surface area contributed by atoms with Gasteiger partial charge in [0.1, 0.15) is 6.04 Å². The third-order valence-electron chi connectivity index (χ3n) is 3.89. The summed E-state index contributed by atoms with van der Waals surface area (Å²) in [5.41, 5.74) is -0.0639. The average molecular weight is 447 g/mol. The van der Waals surface area contributed by atoms with Crippen LogP contribution < -0.4 is 9.62 Å². The quantitative estimate of drug-likeness (QED) is 0.688. The molecule has 2 aromatic carbocycles. The van der Waals surface area contributed by atoms with Crippen molar-refractivity contribution < 1.29 is 31.5 Å². The summed E-state index contributed by atoms with van der Waals surface area (Å²) in [4.78, 5) is 24.3. The molecule has 0 aliphatic rings. The highest BCUT2D eigenvalue weighted by Crippen LogP contribution is 2.25. The summed E-state index contributed by atoms with van der Waals surface area (Å²) in [6.45, 7) is 1.27. The number of carbonyl (C=O) groups is 2. The molecule has 0 aliphatic carbocycles. The molecule has 0 aromatic heterocycles. The standard InChI is InChI=1S/C18H17ClF2N2O5S/c1-10(23(29(3,26)27)12-5-7-15(20)16(21)9-12)17(24)22-11-4-6-14(19)13(8-11)18(25)28-2/h4-10H,1-3H3,(H,22,24). The molecular weight excluding hydrogens is 430 g/mol. The molecule has 0 bridgehead atoms. The van der Waals surface area contributed by atoms with E-state index < -0.39 is 39.6 Å². The van der Waals surface area contributed by atoms with E-state index in [0.29, 0.717) is 10.4 Å². The minimum absolute atomic E-state index is 0.000180. The topological polar surface area (TPSA) is 92.8 Å². The van der Waals surface area contributed by atoms with E-state index in [0.717, 1.165) is 25.5 Å². The van der Waals surface area contributed by atoms with Gasteiger partial charge in [0.15, 0.2) is 11.6 Å². The van der Waals surface area contributed by atoms with E-state index in [9.17, 15) is 26.8 Å². The second-order valence-corrected chi connectivity index (χ2v) is 8.28. The van der Waals surface area contributed by atoms with E-state index in [1.54, 1.807) is 0 Å². The van der Waals surface area contributed by atoms with Gasteiger partial charge in [-0.2, -0.15) is 0 Å². The highest BCUT2D eigenvalue weighted by molar-refractivity contribution is 7.92. The van der Waals surface area contributed by atoms with Crippen LogP contribution in [0.2, 0.25) is 5.02 Å². The predicted molar refractivity (Wildman–Crippen MR) is 105 cm³/mol. The molecule has 0 fully saturated rings. The van der Waals surface area contributed by atoms with Crippen LogP contribution in [0.1, 0.15) is 17.3 Å². The highest BCUT2D eigenvalue weighted by atomic mass is 35.5. The zero-order valence-corrected chi connectivity index (χ0v) is 17.1. The lowest BCUT2D eigenvalue weighted by atomic mass is 10.2. The van der Waals surface area contributed by atoms with Crippen LogP contribution in [0.5, 0.6) is 0 Å². The van der Waals surface area contributed by atoms with Crippen molar-refractivity contribution in [1.82, 2.24) is 0 Å². The van der Waals surface area contributed by atoms with Gasteiger partial charge in [-0.15, -0.1) is 0 Å². The number of nitrogens with zero attached hydrogens (tertiary/aromatic N) is 1. The molecule has 0 saturated carbocycles. The van der Waals surface area contributed by atoms with Crippen molar-refractivity contribution in [2.75, 3.05) is 23.0 Å². The maximum atomic E-state index is 13.6. The molecule has 1 atom stereocenters. The van der Waals surface area contributed by atoms with Crippen LogP contribution in [0, 0.1) is 11.6 Å². The van der Waals surface area contributed by atoms with Gasteiger partial charge in [-0.3, -0.25) is 9.10 Å². The van der Waals surface area contributed by atoms with Gasteiger partial charge in [0.25, 0.3) is 0 Å². The molecule has 2 rings (SSSR count). The number of nitrogens with one attached hydrogen (secondary N) is 1. The number of amides is 1. The van der Waals surface area contributed by atoms with E-state index in [4.69, 9.17) is 11.6 Å². The van der Waals surface area contributed by atoms with E-state index in [1.165, 1.54) is 25.1 Å². The molecule has 156 valence electrons. The number of esters is 1. The Balaban J connectivity index is 2.35. The first-order valence-electron chi connectivity index (χ1n) is 8.09. The lowest BCUT2D eigenvalue weighted by molar-refractivity contribution is -0.116. The van der Waals surface area contributed by atoms with Gasteiger partial charge in [-0.05, 0) is 37.3 Å². The number of halogens is 3. The van der Waals surface area contributed by atoms with Crippen molar-refractivity contribution in [3.8, 4) is 0 Å². The second-order valence-electron chi connectivity index (χ2n) is 6.01. The summed E-state index contributed by atoms with van der Waals surface area (Å²) >= 11 is 5.92. The monoisotopic (exact) mass is 446 g/mol. The first-order valence-corrected chi connectivity index (χ1v) is 10.3. The number of hydrogen-bond acceptors (Lipinski definition) is 5. The minimum atomic E-state index is -4.03. The number of hydrogen-bond donors (Lipinski definition) is 1. The summed E-state index contributed by atoms with van der Waals surface area (Å²) < 4.78 is 56.4. The lowest BCUT2D eigenvalue weighted by Gasteiger charge is -2.28. The van der Waals surface area contributed by atoms with Gasteiger partial charge >= 0.3 is 5.97 Å². The molecule has 11 heteroatoms. The van der Waals surface area contributed by atoms with Crippen LogP contribution in [0.3, 0.4) is 0 Å². The third-order valence-corrected chi connectivity index (χ3v) is 5.46. The summed E-state index contributed by atoms with van der Waals surface area (Å²) in [6, 6.07) is 5.18. The SMILES string of the molecule is COC(=O)c1cc(NC(=O)C(C)N(c2ccc(F)c(F)c2)S(C)(=O)=O)ccc1Cl. The van der Waals surface area contributed by atoms with E-state index in [1.807, 2.05) is 0 Å². The fraction of sp³-hybridized carbons (Fsp3) is 0.222. The van der Waals surface area contributed by atoms with Crippen LogP contribution in [-0.4, -0.2) is 39.7 Å². The van der Waals surface area contributed by atoms with E-state index >= 15 is 0 Å². The van der Waals surface area contributed by atoms with Gasteiger partial charge in [-0.1, -0.05) is 11.6 Å². The zero-order chi connectivity index (χ0) is 21.9. The van der Waals surface area contributed by atoms with Gasteiger partial charge in [0.05, 0.1) is 29.6 Å². The molecular formula is C18H17ClF2N2O5S. The van der Waals surface area contributed by atoms with Crippen molar-refractivity contribution in [1.29, 1.82) is 0 Å². The number of sulfonamides is 1. The summed E-state index contributed by atoms with van der Waals surface area (Å²) in [5.74, 6) is -3.92. The maximum absolute atomic E-state index is 13.6. The first kappa shape index (κ1) is 22.6. The number of carbonyl (C=O) groups excluding carboxylic acids is 2. The van der Waals surface area contributed by atoms with Crippen LogP contribution in [0.15, 0.2) is 36.4 Å². The number of benzene rings is 2. The molecule has 1 N–H and O–H groups in total. The molecule has 1 unspecified atom stereocenters. The fourth-order valence-electron chi connectivity index (χ4n) is 2.55. The van der Waals surface area contributed by atoms with Crippen molar-refractivity contribution >= 4 is 44.9 Å². The fourth-order valence-corrected chi connectivity index (χ4v) is 3.91. The number of rotatable bonds is 6. The number of ether oxygens (including phenoxy) is 1. The Bertz CT molecular complexity index is 1060. The van der Waals surface area contributed by atoms with Gasteiger partial charge in [0, 0.05) is 11.8 Å². The zero-order valence-electron chi connectivity index (χ0n) is 15.6. The Morgan fingerprint density at radius 2 is 1.79 bits per heavy atom. The first-order chi connectivity index (χ1) is 13.5. The largest absolute Gasteiger partial charge is 0.465 e. The lowest BCUT2D eigenvalue weighted by Crippen LogP contribution is -2.45. The van der Waals surface area contributed by atoms with Crippen LogP contribution in [-0.2, 0) is 19.6 Å². The highest BCUT2D eigenvalue weighted by Gasteiger charge is 2.30. The van der Waals surface area contributed by atoms with Crippen molar-refractivity contribution in [2.24, 2.45) is 0 Å². The molecule has 0 spiro atoms. The van der Waals surface area contributed by atoms with Crippen molar-refractivity contribution in [3.05, 3.63) is 58.6 Å². The minimum Gasteiger partial charge on any atom is -0.465 e. The number of methoxy groups -OCH3 is 1. The van der Waals surface area contributed by atoms with Gasteiger partial charge in [0.2, 0.25) is 15.9 Å². The Hall–Kier alpha value is -2.72. The number of anilines is 2. The molecule has 2 aromatic rings. The average Bonchev–Trinajstić information content (AvgIpc) is 2.64. The Morgan fingerprint density at radius 1 is 1.14 bits per heavy atom. The molecule has 0 aliphatic heterocycles. The third kappa shape index (κ3) is 5.21. The Morgan fingerprint density at radius 3 is 2.34 bits per heavy atom. The molecule has 0 heterocycles. The maximum Gasteiger partial charge on any atom is 0.339 e. The molecule has 0 radical (unpaired) electrons. The molecule has 1 amide bonds. The van der Waals surface area contributed by atoms with Crippen molar-refractivity contribution in [2.45, 2.75) is 13.0 Å². The summed E-state index contributed by atoms with van der Waals surface area (Å²) in [6.07, 6.45) is 0.829. The second kappa shape index (κ2) is 8.75. The van der Waals surface area contributed by atoms with E-state index in [-0.39, 0.29) is 22.0 Å². The Kier molecular flexibility index (Phi) is 6.81. The summed E-state index contributed by atoms with van der Waals surface area (Å²) in [5, 5.41) is 2.56. The molecule has 7 nitrogen and oxygen atoms in total. The van der Waals surface area contributed by atoms with Crippen LogP contribution in [0.25, 0.3) is 0 Å². The van der Waals surface area contributed by atoms with Crippen LogP contribution in [0.4, 0.5) is 20.2 Å². The van der Waals surface area contributed by atoms with E-state index in [2.05, 4.69) is 10.1 Å². The summed E-state index contributed by atoms with van der Waals surface area (Å²) in [7, 11) is -2.86. The Labute approximate surface area is 171 Å². The van der Waals surface area contributed by atoms with Gasteiger partial charge < -0.3 is 10.1 Å². The van der Waals surface area contributed by atoms with Crippen molar-refractivity contribution in [3.63, 3.8) is 0 Å². The normalized spacial score (nSPS) is 12.2. The van der Waals surface area contributed by atoms with Gasteiger partial charge in [-0.25, -0.2) is 22.0 Å². The van der Waals surface area contributed by atoms with Crippen LogP contribution >= 0.6 is 11.6 Å².